The molecule has 0 aliphatic carbocycles. The van der Waals surface area contributed by atoms with E-state index >= 15 is 0 Å². The summed E-state index contributed by atoms with van der Waals surface area (Å²) in [5, 5.41) is 0. The number of rotatable bonds is 3. The molecule has 22 heavy (non-hydrogen) atoms. The summed E-state index contributed by atoms with van der Waals surface area (Å²) in [6.07, 6.45) is 1.30. The maximum absolute atomic E-state index is 13.4. The normalized spacial score (nSPS) is 10.6. The fourth-order valence-electron chi connectivity index (χ4n) is 2.25. The summed E-state index contributed by atoms with van der Waals surface area (Å²) in [4.78, 5) is 19.7. The van der Waals surface area contributed by atoms with Crippen molar-refractivity contribution >= 4 is 16.9 Å². The zero-order valence-corrected chi connectivity index (χ0v) is 11.7. The third-order valence-corrected chi connectivity index (χ3v) is 3.27. The standard InChI is InChI=1S/C16H12FN3O2/c1-22-13-6-5-11(9-3-2-4-10(17)7-9)14-15(13)20-12(8-19-14)16(18)21/h2-8H,1H3,(H2,18,21). The highest BCUT2D eigenvalue weighted by Gasteiger charge is 2.14. The lowest BCUT2D eigenvalue weighted by atomic mass is 10.0. The number of carbonyl (C=O) groups excluding carboxylic acids is 1. The number of ether oxygens (including phenoxy) is 1. The zero-order chi connectivity index (χ0) is 15.7. The predicted octanol–water partition coefficient (Wildman–Crippen LogP) is 2.54. The molecule has 6 heteroatoms. The minimum Gasteiger partial charge on any atom is -0.494 e. The van der Waals surface area contributed by atoms with Gasteiger partial charge in [-0.25, -0.2) is 9.37 Å². The Morgan fingerprint density at radius 3 is 2.73 bits per heavy atom. The Kier molecular flexibility index (Phi) is 3.42. The Labute approximate surface area is 125 Å². The van der Waals surface area contributed by atoms with Gasteiger partial charge in [0.25, 0.3) is 5.91 Å². The summed E-state index contributed by atoms with van der Waals surface area (Å²) < 4.78 is 18.7. The summed E-state index contributed by atoms with van der Waals surface area (Å²) in [5.41, 5.74) is 7.54. The van der Waals surface area contributed by atoms with Crippen molar-refractivity contribution in [1.82, 2.24) is 9.97 Å². The largest absolute Gasteiger partial charge is 0.494 e. The van der Waals surface area contributed by atoms with Gasteiger partial charge in [0.05, 0.1) is 13.3 Å². The van der Waals surface area contributed by atoms with Crippen LogP contribution in [0.3, 0.4) is 0 Å². The Hall–Kier alpha value is -3.02. The van der Waals surface area contributed by atoms with Gasteiger partial charge in [0.1, 0.15) is 28.3 Å². The van der Waals surface area contributed by atoms with Gasteiger partial charge < -0.3 is 10.5 Å². The van der Waals surface area contributed by atoms with Gasteiger partial charge in [0.15, 0.2) is 0 Å². The molecule has 0 saturated heterocycles. The molecule has 0 radical (unpaired) electrons. The van der Waals surface area contributed by atoms with Crippen LogP contribution in [0.5, 0.6) is 5.75 Å². The monoisotopic (exact) mass is 297 g/mol. The van der Waals surface area contributed by atoms with Gasteiger partial charge in [-0.2, -0.15) is 0 Å². The Morgan fingerprint density at radius 2 is 2.05 bits per heavy atom. The topological polar surface area (TPSA) is 78.1 Å². The average molecular weight is 297 g/mol. The van der Waals surface area contributed by atoms with Crippen LogP contribution in [0.2, 0.25) is 0 Å². The summed E-state index contributed by atoms with van der Waals surface area (Å²) in [6.45, 7) is 0. The first-order valence-electron chi connectivity index (χ1n) is 6.49. The van der Waals surface area contributed by atoms with E-state index in [0.29, 0.717) is 27.9 Å². The van der Waals surface area contributed by atoms with Crippen molar-refractivity contribution in [3.8, 4) is 16.9 Å². The van der Waals surface area contributed by atoms with Crippen LogP contribution in [0, 0.1) is 5.82 Å². The van der Waals surface area contributed by atoms with E-state index in [1.54, 1.807) is 24.3 Å². The van der Waals surface area contributed by atoms with E-state index in [4.69, 9.17) is 10.5 Å². The molecule has 1 aromatic heterocycles. The second-order valence-corrected chi connectivity index (χ2v) is 4.64. The zero-order valence-electron chi connectivity index (χ0n) is 11.7. The number of aromatic nitrogens is 2. The molecule has 1 amide bonds. The molecule has 0 atom stereocenters. The number of benzene rings is 2. The molecule has 5 nitrogen and oxygen atoms in total. The molecule has 0 aliphatic heterocycles. The van der Waals surface area contributed by atoms with Crippen LogP contribution in [0.1, 0.15) is 10.5 Å². The molecular weight excluding hydrogens is 285 g/mol. The highest BCUT2D eigenvalue weighted by atomic mass is 19.1. The van der Waals surface area contributed by atoms with Crippen LogP contribution in [0.25, 0.3) is 22.2 Å². The van der Waals surface area contributed by atoms with E-state index in [1.165, 1.54) is 25.4 Å². The quantitative estimate of drug-likeness (QED) is 0.806. The maximum atomic E-state index is 13.4. The van der Waals surface area contributed by atoms with Gasteiger partial charge in [-0.1, -0.05) is 12.1 Å². The number of carbonyl (C=O) groups is 1. The average Bonchev–Trinajstić information content (AvgIpc) is 2.53. The van der Waals surface area contributed by atoms with Crippen molar-refractivity contribution in [3.05, 3.63) is 54.1 Å². The fourth-order valence-corrected chi connectivity index (χ4v) is 2.25. The molecule has 0 aliphatic rings. The summed E-state index contributed by atoms with van der Waals surface area (Å²) in [7, 11) is 1.50. The lowest BCUT2D eigenvalue weighted by Gasteiger charge is -2.10. The van der Waals surface area contributed by atoms with Crippen molar-refractivity contribution in [2.45, 2.75) is 0 Å². The van der Waals surface area contributed by atoms with Crippen LogP contribution >= 0.6 is 0 Å². The van der Waals surface area contributed by atoms with Crippen LogP contribution in [0.4, 0.5) is 4.39 Å². The minimum absolute atomic E-state index is 0.0437. The number of nitrogens with two attached hydrogens (primary N) is 1. The van der Waals surface area contributed by atoms with Gasteiger partial charge in [0.2, 0.25) is 0 Å². The molecule has 0 bridgehead atoms. The van der Waals surface area contributed by atoms with E-state index in [9.17, 15) is 9.18 Å². The van der Waals surface area contributed by atoms with Crippen LogP contribution in [-0.2, 0) is 0 Å². The molecule has 2 aromatic carbocycles. The van der Waals surface area contributed by atoms with Crippen LogP contribution < -0.4 is 10.5 Å². The first kappa shape index (κ1) is 13.9. The first-order valence-corrected chi connectivity index (χ1v) is 6.49. The summed E-state index contributed by atoms with van der Waals surface area (Å²) in [6, 6.07) is 9.63. The fraction of sp³-hybridized carbons (Fsp3) is 0.0625. The Morgan fingerprint density at radius 1 is 1.23 bits per heavy atom. The van der Waals surface area contributed by atoms with Crippen molar-refractivity contribution in [3.63, 3.8) is 0 Å². The predicted molar refractivity (Wildman–Crippen MR) is 80.0 cm³/mol. The molecule has 0 saturated carbocycles. The number of fused-ring (bicyclic) bond motifs is 1. The van der Waals surface area contributed by atoms with E-state index in [1.807, 2.05) is 0 Å². The molecule has 1 heterocycles. The number of methoxy groups -OCH3 is 1. The number of nitrogens with zero attached hydrogens (tertiary/aromatic N) is 2. The Bertz CT molecular complexity index is 880. The van der Waals surface area contributed by atoms with Crippen molar-refractivity contribution < 1.29 is 13.9 Å². The van der Waals surface area contributed by atoms with Gasteiger partial charge in [-0.3, -0.25) is 9.78 Å². The highest BCUT2D eigenvalue weighted by Crippen LogP contribution is 2.32. The molecule has 3 rings (SSSR count). The maximum Gasteiger partial charge on any atom is 0.268 e. The number of hydrogen-bond donors (Lipinski definition) is 1. The smallest absolute Gasteiger partial charge is 0.268 e. The van der Waals surface area contributed by atoms with Crippen LogP contribution in [0.15, 0.2) is 42.6 Å². The van der Waals surface area contributed by atoms with E-state index in [-0.39, 0.29) is 11.5 Å². The Balaban J connectivity index is 2.31. The first-order chi connectivity index (χ1) is 10.6. The summed E-state index contributed by atoms with van der Waals surface area (Å²) >= 11 is 0. The molecule has 3 aromatic rings. The van der Waals surface area contributed by atoms with Gasteiger partial charge in [-0.05, 0) is 29.8 Å². The SMILES string of the molecule is COc1ccc(-c2cccc(F)c2)c2ncc(C(N)=O)nc12. The molecule has 0 fully saturated rings. The second kappa shape index (κ2) is 5.40. The third-order valence-electron chi connectivity index (χ3n) is 3.27. The minimum atomic E-state index is -0.674. The molecular formula is C16H12FN3O2. The van der Waals surface area contributed by atoms with Gasteiger partial charge >= 0.3 is 0 Å². The van der Waals surface area contributed by atoms with E-state index in [2.05, 4.69) is 9.97 Å². The number of amides is 1. The van der Waals surface area contributed by atoms with Crippen molar-refractivity contribution in [2.75, 3.05) is 7.11 Å². The van der Waals surface area contributed by atoms with E-state index < -0.39 is 5.91 Å². The molecule has 0 spiro atoms. The van der Waals surface area contributed by atoms with Crippen molar-refractivity contribution in [1.29, 1.82) is 0 Å². The summed E-state index contributed by atoms with van der Waals surface area (Å²) in [5.74, 6) is -0.554. The highest BCUT2D eigenvalue weighted by molar-refractivity contribution is 5.98. The molecule has 0 unspecified atom stereocenters. The number of hydrogen-bond acceptors (Lipinski definition) is 4. The van der Waals surface area contributed by atoms with Crippen molar-refractivity contribution in [2.24, 2.45) is 5.73 Å². The van der Waals surface area contributed by atoms with Gasteiger partial charge in [0, 0.05) is 5.56 Å². The third kappa shape index (κ3) is 2.35. The van der Waals surface area contributed by atoms with E-state index in [0.717, 1.165) is 0 Å². The second-order valence-electron chi connectivity index (χ2n) is 4.64. The lowest BCUT2D eigenvalue weighted by molar-refractivity contribution is 0.0995. The van der Waals surface area contributed by atoms with Gasteiger partial charge in [-0.15, -0.1) is 0 Å². The number of primary amides is 1. The lowest BCUT2D eigenvalue weighted by Crippen LogP contribution is -2.13. The molecule has 2 N–H and O–H groups in total. The van der Waals surface area contributed by atoms with Crippen LogP contribution in [-0.4, -0.2) is 23.0 Å². The number of halogens is 1. The molecule has 110 valence electrons.